The molecule has 5 nitrogen and oxygen atoms in total. The minimum absolute atomic E-state index is 0.209. The van der Waals surface area contributed by atoms with E-state index in [1.54, 1.807) is 0 Å². The number of aldehydes is 1. The van der Waals surface area contributed by atoms with Crippen LogP contribution in [0.2, 0.25) is 0 Å². The zero-order valence-corrected chi connectivity index (χ0v) is 5.69. The van der Waals surface area contributed by atoms with Crippen LogP contribution < -0.4 is 0 Å². The lowest BCUT2D eigenvalue weighted by Crippen LogP contribution is -1.99. The van der Waals surface area contributed by atoms with Gasteiger partial charge in [0.1, 0.15) is 6.29 Å². The highest BCUT2D eigenvalue weighted by Gasteiger charge is 2.01. The molecular formula is C6H6N2O3. The van der Waals surface area contributed by atoms with Crippen molar-refractivity contribution in [1.29, 1.82) is 0 Å². The van der Waals surface area contributed by atoms with Crippen molar-refractivity contribution in [3.63, 3.8) is 0 Å². The van der Waals surface area contributed by atoms with E-state index in [4.69, 9.17) is 0 Å². The highest BCUT2D eigenvalue weighted by atomic mass is 16.1. The number of isocyanates is 2. The van der Waals surface area contributed by atoms with Gasteiger partial charge >= 0.3 is 0 Å². The summed E-state index contributed by atoms with van der Waals surface area (Å²) in [6.45, 7) is 0. The van der Waals surface area contributed by atoms with Gasteiger partial charge in [0.2, 0.25) is 12.2 Å². The van der Waals surface area contributed by atoms with Gasteiger partial charge in [0.15, 0.2) is 6.17 Å². The number of carbonyl (C=O) groups excluding carboxylic acids is 3. The zero-order chi connectivity index (χ0) is 8.53. The van der Waals surface area contributed by atoms with Crippen LogP contribution in [0.5, 0.6) is 0 Å². The summed E-state index contributed by atoms with van der Waals surface area (Å²) in [7, 11) is 0. The van der Waals surface area contributed by atoms with Crippen molar-refractivity contribution < 1.29 is 14.4 Å². The topological polar surface area (TPSA) is 75.9 Å². The molecule has 5 heteroatoms. The summed E-state index contributed by atoms with van der Waals surface area (Å²) >= 11 is 0. The molecule has 0 unspecified atom stereocenters. The second kappa shape index (κ2) is 6.55. The molecule has 0 heterocycles. The molecule has 0 radical (unpaired) electrons. The van der Waals surface area contributed by atoms with E-state index in [0.717, 1.165) is 0 Å². The van der Waals surface area contributed by atoms with Gasteiger partial charge in [-0.1, -0.05) is 0 Å². The molecule has 0 amide bonds. The number of aliphatic imine (C=N–C) groups is 2. The van der Waals surface area contributed by atoms with Crippen molar-refractivity contribution in [3.8, 4) is 0 Å². The van der Waals surface area contributed by atoms with E-state index in [1.807, 2.05) is 0 Å². The molecule has 0 spiro atoms. The normalized spacial score (nSPS) is 10.5. The molecule has 0 aliphatic carbocycles. The number of rotatable bonds is 5. The minimum Gasteiger partial charge on any atom is -0.303 e. The van der Waals surface area contributed by atoms with Crippen LogP contribution in [0.25, 0.3) is 0 Å². The largest absolute Gasteiger partial charge is 0.303 e. The first-order chi connectivity index (χ1) is 5.35. The lowest BCUT2D eigenvalue weighted by atomic mass is 10.3. The third-order valence-electron chi connectivity index (χ3n) is 0.946. The van der Waals surface area contributed by atoms with Crippen LogP contribution >= 0.6 is 0 Å². The standard InChI is InChI=1S/C6H6N2O3/c9-3-1-2-6(7-4-10)8-5-11/h3,6H,1-2H2. The Labute approximate surface area is 62.8 Å². The molecule has 0 aromatic heterocycles. The third-order valence-corrected chi connectivity index (χ3v) is 0.946. The molecule has 0 bridgehead atoms. The Kier molecular flexibility index (Phi) is 5.61. The van der Waals surface area contributed by atoms with Gasteiger partial charge in [-0.25, -0.2) is 9.59 Å². The maximum Gasteiger partial charge on any atom is 0.237 e. The summed E-state index contributed by atoms with van der Waals surface area (Å²) < 4.78 is 0. The lowest BCUT2D eigenvalue weighted by molar-refractivity contribution is -0.108. The Bertz CT molecular complexity index is 196. The fraction of sp³-hybridized carbons (Fsp3) is 0.500. The average Bonchev–Trinajstić information content (AvgIpc) is 2.01. The fourth-order valence-electron chi connectivity index (χ4n) is 0.497. The molecule has 58 valence electrons. The van der Waals surface area contributed by atoms with Gasteiger partial charge in [-0.3, -0.25) is 0 Å². The molecule has 0 aromatic rings. The van der Waals surface area contributed by atoms with Crippen molar-refractivity contribution in [1.82, 2.24) is 0 Å². The molecule has 0 saturated heterocycles. The number of nitrogens with zero attached hydrogens (tertiary/aromatic N) is 2. The smallest absolute Gasteiger partial charge is 0.237 e. The van der Waals surface area contributed by atoms with E-state index in [0.29, 0.717) is 6.29 Å². The highest BCUT2D eigenvalue weighted by Crippen LogP contribution is 1.99. The average molecular weight is 154 g/mol. The van der Waals surface area contributed by atoms with Gasteiger partial charge in [-0.15, -0.1) is 0 Å². The van der Waals surface area contributed by atoms with E-state index in [9.17, 15) is 14.4 Å². The molecule has 0 N–H and O–H groups in total. The van der Waals surface area contributed by atoms with E-state index in [1.165, 1.54) is 12.2 Å². The monoisotopic (exact) mass is 154 g/mol. The van der Waals surface area contributed by atoms with E-state index in [2.05, 4.69) is 9.98 Å². The second-order valence-electron chi connectivity index (χ2n) is 1.67. The van der Waals surface area contributed by atoms with Crippen molar-refractivity contribution >= 4 is 18.4 Å². The van der Waals surface area contributed by atoms with Crippen molar-refractivity contribution in [2.24, 2.45) is 9.98 Å². The first-order valence-electron chi connectivity index (χ1n) is 2.92. The summed E-state index contributed by atoms with van der Waals surface area (Å²) in [5.41, 5.74) is 0. The van der Waals surface area contributed by atoms with Gasteiger partial charge in [0, 0.05) is 6.42 Å². The zero-order valence-electron chi connectivity index (χ0n) is 5.69. The summed E-state index contributed by atoms with van der Waals surface area (Å²) in [4.78, 5) is 35.5. The molecule has 0 aliphatic rings. The molecule has 0 aromatic carbocycles. The van der Waals surface area contributed by atoms with Gasteiger partial charge in [0.05, 0.1) is 0 Å². The molecular weight excluding hydrogens is 148 g/mol. The molecule has 0 rings (SSSR count). The minimum atomic E-state index is -0.796. The van der Waals surface area contributed by atoms with Crippen LogP contribution in [0.15, 0.2) is 9.98 Å². The Balaban J connectivity index is 3.98. The maximum atomic E-state index is 9.84. The third kappa shape index (κ3) is 4.90. The van der Waals surface area contributed by atoms with Crippen molar-refractivity contribution in [2.45, 2.75) is 19.0 Å². The maximum absolute atomic E-state index is 9.84. The fourth-order valence-corrected chi connectivity index (χ4v) is 0.497. The molecule has 11 heavy (non-hydrogen) atoms. The van der Waals surface area contributed by atoms with Gasteiger partial charge in [-0.2, -0.15) is 9.98 Å². The van der Waals surface area contributed by atoms with Crippen LogP contribution in [0, 0.1) is 0 Å². The van der Waals surface area contributed by atoms with Crippen LogP contribution in [-0.4, -0.2) is 24.6 Å². The van der Waals surface area contributed by atoms with Crippen LogP contribution in [0.4, 0.5) is 0 Å². The number of carbonyl (C=O) groups is 1. The predicted octanol–water partition coefficient (Wildman–Crippen LogP) is -0.0368. The van der Waals surface area contributed by atoms with Crippen molar-refractivity contribution in [3.05, 3.63) is 0 Å². The van der Waals surface area contributed by atoms with E-state index in [-0.39, 0.29) is 12.8 Å². The Hall–Kier alpha value is -1.57. The second-order valence-corrected chi connectivity index (χ2v) is 1.67. The number of hydrogen-bond donors (Lipinski definition) is 0. The van der Waals surface area contributed by atoms with Crippen LogP contribution in [0.1, 0.15) is 12.8 Å². The summed E-state index contributed by atoms with van der Waals surface area (Å²) in [5.74, 6) is 0. The quantitative estimate of drug-likeness (QED) is 0.317. The Morgan fingerprint density at radius 2 is 1.82 bits per heavy atom. The van der Waals surface area contributed by atoms with Crippen LogP contribution in [-0.2, 0) is 14.4 Å². The molecule has 0 atom stereocenters. The predicted molar refractivity (Wildman–Crippen MR) is 35.3 cm³/mol. The first kappa shape index (κ1) is 9.43. The Morgan fingerprint density at radius 1 is 1.27 bits per heavy atom. The molecule has 0 fully saturated rings. The summed E-state index contributed by atoms with van der Waals surface area (Å²) in [5, 5.41) is 0. The van der Waals surface area contributed by atoms with E-state index >= 15 is 0 Å². The summed E-state index contributed by atoms with van der Waals surface area (Å²) in [6, 6.07) is 0. The summed E-state index contributed by atoms with van der Waals surface area (Å²) in [6.07, 6.45) is 2.81. The Morgan fingerprint density at radius 3 is 2.18 bits per heavy atom. The van der Waals surface area contributed by atoms with Gasteiger partial charge in [0.25, 0.3) is 0 Å². The lowest BCUT2D eigenvalue weighted by Gasteiger charge is -1.96. The van der Waals surface area contributed by atoms with Crippen LogP contribution in [0.3, 0.4) is 0 Å². The SMILES string of the molecule is O=C=NC(CCC=O)N=C=O. The molecule has 0 aliphatic heterocycles. The highest BCUT2D eigenvalue weighted by molar-refractivity contribution is 5.49. The van der Waals surface area contributed by atoms with Gasteiger partial charge < -0.3 is 4.79 Å². The first-order valence-corrected chi connectivity index (χ1v) is 2.92. The van der Waals surface area contributed by atoms with E-state index < -0.39 is 6.17 Å². The molecule has 0 saturated carbocycles. The van der Waals surface area contributed by atoms with Crippen molar-refractivity contribution in [2.75, 3.05) is 0 Å². The van der Waals surface area contributed by atoms with Gasteiger partial charge in [-0.05, 0) is 6.42 Å². The number of hydrogen-bond acceptors (Lipinski definition) is 5.